The zero-order chi connectivity index (χ0) is 12.2. The second kappa shape index (κ2) is 6.29. The van der Waals surface area contributed by atoms with Crippen molar-refractivity contribution in [3.63, 3.8) is 0 Å². The lowest BCUT2D eigenvalue weighted by molar-refractivity contribution is 0.591. The summed E-state index contributed by atoms with van der Waals surface area (Å²) < 4.78 is 1.22. The van der Waals surface area contributed by atoms with Crippen molar-refractivity contribution in [2.75, 3.05) is 12.8 Å². The molecule has 0 aliphatic heterocycles. The molecule has 0 heterocycles. The predicted molar refractivity (Wildman–Crippen MR) is 78.5 cm³/mol. The molecule has 0 bridgehead atoms. The van der Waals surface area contributed by atoms with E-state index < -0.39 is 0 Å². The van der Waals surface area contributed by atoms with Crippen molar-refractivity contribution >= 4 is 39.3 Å². The maximum atomic E-state index is 6.03. The molecule has 0 spiro atoms. The molecule has 1 nitrogen and oxygen atoms in total. The van der Waals surface area contributed by atoms with E-state index in [0.29, 0.717) is 0 Å². The normalized spacial score (nSPS) is 11.8. The maximum absolute atomic E-state index is 6.03. The molecule has 0 amide bonds. The molecule has 0 aliphatic rings. The molecule has 90 valence electrons. The number of nitrogens with one attached hydrogen (secondary N) is 1. The van der Waals surface area contributed by atoms with Gasteiger partial charge in [-0.3, -0.25) is 0 Å². The third kappa shape index (κ3) is 4.66. The lowest BCUT2D eigenvalue weighted by Gasteiger charge is -2.22. The van der Waals surface area contributed by atoms with Gasteiger partial charge in [0.25, 0.3) is 0 Å². The highest BCUT2D eigenvalue weighted by Gasteiger charge is 2.14. The molecule has 4 heteroatoms. The van der Waals surface area contributed by atoms with E-state index in [-0.39, 0.29) is 4.75 Å². The van der Waals surface area contributed by atoms with Crippen LogP contribution in [0.5, 0.6) is 0 Å². The minimum atomic E-state index is 0.277. The second-order valence-electron chi connectivity index (χ2n) is 4.32. The van der Waals surface area contributed by atoms with E-state index in [9.17, 15) is 0 Å². The number of thioether (sulfide) groups is 1. The van der Waals surface area contributed by atoms with Crippen molar-refractivity contribution in [2.24, 2.45) is 0 Å². The Labute approximate surface area is 115 Å². The van der Waals surface area contributed by atoms with Crippen LogP contribution in [0.4, 0.5) is 0 Å². The van der Waals surface area contributed by atoms with Crippen LogP contribution in [-0.4, -0.2) is 17.5 Å². The Morgan fingerprint density at radius 3 is 2.69 bits per heavy atom. The van der Waals surface area contributed by atoms with Crippen LogP contribution >= 0.6 is 39.3 Å². The van der Waals surface area contributed by atoms with E-state index >= 15 is 0 Å². The van der Waals surface area contributed by atoms with Crippen LogP contribution in [-0.2, 0) is 6.54 Å². The zero-order valence-electron chi connectivity index (χ0n) is 9.81. The number of halogens is 2. The first-order chi connectivity index (χ1) is 7.44. The molecule has 0 aromatic heterocycles. The Bertz CT molecular complexity index is 355. The summed E-state index contributed by atoms with van der Waals surface area (Å²) in [6, 6.07) is 6.05. The quantitative estimate of drug-likeness (QED) is 0.866. The monoisotopic (exact) mass is 321 g/mol. The Morgan fingerprint density at radius 1 is 1.44 bits per heavy atom. The van der Waals surface area contributed by atoms with Crippen LogP contribution < -0.4 is 5.32 Å². The van der Waals surface area contributed by atoms with Gasteiger partial charge in [-0.05, 0) is 53.7 Å². The standard InChI is InChI=1S/C12H17BrClNS/c1-12(2,16-3)8-15-7-9-4-5-10(13)11(14)6-9/h4-6,15H,7-8H2,1-3H3. The van der Waals surface area contributed by atoms with E-state index in [4.69, 9.17) is 11.6 Å². The number of benzene rings is 1. The van der Waals surface area contributed by atoms with Gasteiger partial charge in [-0.15, -0.1) is 0 Å². The summed E-state index contributed by atoms with van der Waals surface area (Å²) >= 11 is 11.3. The van der Waals surface area contributed by atoms with Gasteiger partial charge in [0.15, 0.2) is 0 Å². The van der Waals surface area contributed by atoms with Crippen LogP contribution in [0.3, 0.4) is 0 Å². The van der Waals surface area contributed by atoms with Crippen molar-refractivity contribution < 1.29 is 0 Å². The van der Waals surface area contributed by atoms with Crippen LogP contribution in [0, 0.1) is 0 Å². The van der Waals surface area contributed by atoms with Gasteiger partial charge in [0.2, 0.25) is 0 Å². The zero-order valence-corrected chi connectivity index (χ0v) is 13.0. The molecule has 0 unspecified atom stereocenters. The molecule has 1 aromatic rings. The molecular formula is C12H17BrClNS. The fourth-order valence-electron chi connectivity index (χ4n) is 1.23. The lowest BCUT2D eigenvalue weighted by atomic mass is 10.2. The van der Waals surface area contributed by atoms with Crippen molar-refractivity contribution in [3.05, 3.63) is 33.3 Å². The summed E-state index contributed by atoms with van der Waals surface area (Å²) in [7, 11) is 0. The smallest absolute Gasteiger partial charge is 0.0551 e. The first-order valence-corrected chi connectivity index (χ1v) is 7.54. The summed E-state index contributed by atoms with van der Waals surface area (Å²) in [4.78, 5) is 0. The van der Waals surface area contributed by atoms with E-state index in [1.165, 1.54) is 5.56 Å². The topological polar surface area (TPSA) is 12.0 Å². The minimum absolute atomic E-state index is 0.277. The largest absolute Gasteiger partial charge is 0.311 e. The van der Waals surface area contributed by atoms with Gasteiger partial charge in [0.1, 0.15) is 0 Å². The highest BCUT2D eigenvalue weighted by molar-refractivity contribution is 9.10. The van der Waals surface area contributed by atoms with E-state index in [1.807, 2.05) is 23.9 Å². The van der Waals surface area contributed by atoms with Gasteiger partial charge >= 0.3 is 0 Å². The molecule has 0 fully saturated rings. The van der Waals surface area contributed by atoms with E-state index in [0.717, 1.165) is 22.6 Å². The number of hydrogen-bond donors (Lipinski definition) is 1. The average molecular weight is 323 g/mol. The third-order valence-electron chi connectivity index (χ3n) is 2.42. The molecule has 16 heavy (non-hydrogen) atoms. The number of rotatable bonds is 5. The Kier molecular flexibility index (Phi) is 5.65. The fraction of sp³-hybridized carbons (Fsp3) is 0.500. The second-order valence-corrected chi connectivity index (χ2v) is 7.09. The van der Waals surface area contributed by atoms with Crippen LogP contribution in [0.1, 0.15) is 19.4 Å². The fourth-order valence-corrected chi connectivity index (χ4v) is 1.93. The van der Waals surface area contributed by atoms with Gasteiger partial charge in [0, 0.05) is 22.3 Å². The molecule has 0 radical (unpaired) electrons. The molecule has 0 atom stereocenters. The van der Waals surface area contributed by atoms with Crippen molar-refractivity contribution in [3.8, 4) is 0 Å². The summed E-state index contributed by atoms with van der Waals surface area (Å²) in [6.45, 7) is 6.32. The third-order valence-corrected chi connectivity index (χ3v) is 4.90. The first kappa shape index (κ1) is 14.4. The van der Waals surface area contributed by atoms with Crippen molar-refractivity contribution in [2.45, 2.75) is 25.1 Å². The SMILES string of the molecule is CSC(C)(C)CNCc1ccc(Br)c(Cl)c1. The Balaban J connectivity index is 2.46. The molecular weight excluding hydrogens is 306 g/mol. The van der Waals surface area contributed by atoms with Gasteiger partial charge in [0.05, 0.1) is 5.02 Å². The predicted octanol–water partition coefficient (Wildman–Crippen LogP) is 4.33. The van der Waals surface area contributed by atoms with Crippen LogP contribution in [0.15, 0.2) is 22.7 Å². The maximum Gasteiger partial charge on any atom is 0.0551 e. The molecule has 1 rings (SSSR count). The molecule has 0 saturated heterocycles. The first-order valence-electron chi connectivity index (χ1n) is 5.14. The molecule has 1 N–H and O–H groups in total. The Morgan fingerprint density at radius 2 is 2.12 bits per heavy atom. The molecule has 1 aromatic carbocycles. The lowest BCUT2D eigenvalue weighted by Crippen LogP contribution is -2.31. The summed E-state index contributed by atoms with van der Waals surface area (Å²) in [5, 5.41) is 4.21. The summed E-state index contributed by atoms with van der Waals surface area (Å²) in [5.41, 5.74) is 1.21. The number of hydrogen-bond acceptors (Lipinski definition) is 2. The van der Waals surface area contributed by atoms with Gasteiger partial charge < -0.3 is 5.32 Å². The van der Waals surface area contributed by atoms with Crippen molar-refractivity contribution in [1.82, 2.24) is 5.32 Å². The Hall–Kier alpha value is 0.300. The van der Waals surface area contributed by atoms with E-state index in [2.05, 4.69) is 47.4 Å². The van der Waals surface area contributed by atoms with Crippen LogP contribution in [0.2, 0.25) is 5.02 Å². The van der Waals surface area contributed by atoms with Gasteiger partial charge in [-0.2, -0.15) is 11.8 Å². The molecule has 0 saturated carbocycles. The van der Waals surface area contributed by atoms with Gasteiger partial charge in [-0.1, -0.05) is 17.7 Å². The van der Waals surface area contributed by atoms with Gasteiger partial charge in [-0.25, -0.2) is 0 Å². The summed E-state index contributed by atoms with van der Waals surface area (Å²) in [6.07, 6.45) is 2.14. The van der Waals surface area contributed by atoms with Crippen LogP contribution in [0.25, 0.3) is 0 Å². The minimum Gasteiger partial charge on any atom is -0.311 e. The molecule has 0 aliphatic carbocycles. The van der Waals surface area contributed by atoms with Crippen molar-refractivity contribution in [1.29, 1.82) is 0 Å². The highest BCUT2D eigenvalue weighted by Crippen LogP contribution is 2.23. The van der Waals surface area contributed by atoms with E-state index in [1.54, 1.807) is 0 Å². The average Bonchev–Trinajstić information content (AvgIpc) is 2.23. The highest BCUT2D eigenvalue weighted by atomic mass is 79.9. The summed E-state index contributed by atoms with van der Waals surface area (Å²) in [5.74, 6) is 0.